The van der Waals surface area contributed by atoms with Gasteiger partial charge in [-0.15, -0.1) is 10.2 Å². The molecule has 28 heavy (non-hydrogen) atoms. The number of anilines is 2. The van der Waals surface area contributed by atoms with Crippen LogP contribution in [0.4, 0.5) is 11.4 Å². The van der Waals surface area contributed by atoms with Crippen LogP contribution in [0.15, 0.2) is 48.5 Å². The molecule has 1 saturated heterocycles. The van der Waals surface area contributed by atoms with Gasteiger partial charge < -0.3 is 10.2 Å². The van der Waals surface area contributed by atoms with E-state index in [1.165, 1.54) is 0 Å². The molecule has 0 unspecified atom stereocenters. The summed E-state index contributed by atoms with van der Waals surface area (Å²) in [4.78, 5) is 4.76. The van der Waals surface area contributed by atoms with E-state index < -0.39 is 0 Å². The molecule has 1 aromatic heterocycles. The summed E-state index contributed by atoms with van der Waals surface area (Å²) in [6, 6.07) is 16.5. The van der Waals surface area contributed by atoms with Crippen molar-refractivity contribution in [3.8, 4) is 5.69 Å². The maximum Gasteiger partial charge on any atom is 0.151 e. The lowest BCUT2D eigenvalue weighted by molar-refractivity contribution is 0.226. The highest BCUT2D eigenvalue weighted by Crippen LogP contribution is 2.36. The molecule has 0 saturated carbocycles. The van der Waals surface area contributed by atoms with Crippen LogP contribution in [-0.4, -0.2) is 52.4 Å². The van der Waals surface area contributed by atoms with E-state index in [-0.39, 0.29) is 0 Å². The number of hydrogen-bond donors (Lipinski definition) is 1. The molecule has 6 nitrogen and oxygen atoms in total. The molecule has 0 radical (unpaired) electrons. The van der Waals surface area contributed by atoms with Crippen molar-refractivity contribution in [1.82, 2.24) is 25.0 Å². The number of benzene rings is 2. The highest BCUT2D eigenvalue weighted by atomic mass is 35.5. The first kappa shape index (κ1) is 17.7. The normalized spacial score (nSPS) is 17.1. The summed E-state index contributed by atoms with van der Waals surface area (Å²) in [6.45, 7) is 5.76. The molecule has 144 valence electrons. The molecule has 3 heterocycles. The zero-order valence-electron chi connectivity index (χ0n) is 15.7. The lowest BCUT2D eigenvalue weighted by Gasteiger charge is -2.27. The van der Waals surface area contributed by atoms with Gasteiger partial charge in [0, 0.05) is 49.9 Å². The number of nitrogens with one attached hydrogen (secondary N) is 1. The standard InChI is InChI=1S/C21H23ClN6/c22-16-6-7-18-19(14-16)27(17-4-2-1-3-5-17)11-8-20-24-25-21(28(18)20)15-26-12-9-23-10-13-26/h1-7,14,23H,8-13,15H2. The average molecular weight is 395 g/mol. The van der Waals surface area contributed by atoms with Gasteiger partial charge in [-0.05, 0) is 30.3 Å². The van der Waals surface area contributed by atoms with Gasteiger partial charge in [0.15, 0.2) is 5.82 Å². The van der Waals surface area contributed by atoms with E-state index in [1.807, 2.05) is 18.2 Å². The van der Waals surface area contributed by atoms with Crippen LogP contribution in [0.5, 0.6) is 0 Å². The Morgan fingerprint density at radius 1 is 0.929 bits per heavy atom. The van der Waals surface area contributed by atoms with Crippen LogP contribution in [0.25, 0.3) is 5.69 Å². The highest BCUT2D eigenvalue weighted by Gasteiger charge is 2.26. The van der Waals surface area contributed by atoms with Crippen LogP contribution < -0.4 is 10.2 Å². The molecule has 7 heteroatoms. The number of nitrogens with zero attached hydrogens (tertiary/aromatic N) is 5. The van der Waals surface area contributed by atoms with Crippen LogP contribution in [0.1, 0.15) is 11.6 Å². The van der Waals surface area contributed by atoms with Crippen molar-refractivity contribution < 1.29 is 0 Å². The van der Waals surface area contributed by atoms with Gasteiger partial charge in [0.05, 0.1) is 17.9 Å². The lowest BCUT2D eigenvalue weighted by atomic mass is 10.2. The second-order valence-electron chi connectivity index (χ2n) is 7.26. The molecule has 3 aromatic rings. The van der Waals surface area contributed by atoms with Gasteiger partial charge in [0.1, 0.15) is 5.82 Å². The summed E-state index contributed by atoms with van der Waals surface area (Å²) in [5, 5.41) is 13.2. The molecule has 0 aliphatic carbocycles. The molecule has 2 aromatic carbocycles. The second kappa shape index (κ2) is 7.54. The van der Waals surface area contributed by atoms with Crippen molar-refractivity contribution in [2.24, 2.45) is 0 Å². The summed E-state index contributed by atoms with van der Waals surface area (Å²) in [5.74, 6) is 2.00. The number of piperazine rings is 1. The van der Waals surface area contributed by atoms with E-state index in [0.717, 1.165) is 79.4 Å². The number of halogens is 1. The molecule has 0 amide bonds. The zero-order valence-corrected chi connectivity index (χ0v) is 16.4. The monoisotopic (exact) mass is 394 g/mol. The summed E-state index contributed by atoms with van der Waals surface area (Å²) in [6.07, 6.45) is 0.829. The first-order valence-electron chi connectivity index (χ1n) is 9.78. The predicted molar refractivity (Wildman–Crippen MR) is 112 cm³/mol. The van der Waals surface area contributed by atoms with E-state index in [2.05, 4.69) is 60.2 Å². The number of hydrogen-bond acceptors (Lipinski definition) is 5. The Kier molecular flexibility index (Phi) is 4.76. The fraction of sp³-hybridized carbons (Fsp3) is 0.333. The fourth-order valence-corrected chi connectivity index (χ4v) is 4.24. The minimum Gasteiger partial charge on any atom is -0.339 e. The Morgan fingerprint density at radius 3 is 2.57 bits per heavy atom. The van der Waals surface area contributed by atoms with Crippen molar-refractivity contribution in [2.75, 3.05) is 37.6 Å². The molecule has 0 spiro atoms. The van der Waals surface area contributed by atoms with Crippen LogP contribution in [-0.2, 0) is 13.0 Å². The summed E-state index contributed by atoms with van der Waals surface area (Å²) in [7, 11) is 0. The fourth-order valence-electron chi connectivity index (χ4n) is 4.08. The Balaban J connectivity index is 1.58. The Hall–Kier alpha value is -2.41. The van der Waals surface area contributed by atoms with Gasteiger partial charge in [0.2, 0.25) is 0 Å². The largest absolute Gasteiger partial charge is 0.339 e. The second-order valence-corrected chi connectivity index (χ2v) is 7.70. The summed E-state index contributed by atoms with van der Waals surface area (Å²) in [5.41, 5.74) is 3.35. The van der Waals surface area contributed by atoms with Gasteiger partial charge in [-0.25, -0.2) is 0 Å². The van der Waals surface area contributed by atoms with Crippen molar-refractivity contribution in [3.05, 3.63) is 65.2 Å². The molecule has 1 N–H and O–H groups in total. The van der Waals surface area contributed by atoms with Crippen LogP contribution in [0.2, 0.25) is 5.02 Å². The van der Waals surface area contributed by atoms with Crippen LogP contribution in [0, 0.1) is 0 Å². The summed E-state index contributed by atoms with van der Waals surface area (Å²) >= 11 is 6.40. The Morgan fingerprint density at radius 2 is 1.75 bits per heavy atom. The molecule has 5 rings (SSSR count). The molecule has 2 aliphatic heterocycles. The van der Waals surface area contributed by atoms with Gasteiger partial charge in [0.25, 0.3) is 0 Å². The van der Waals surface area contributed by atoms with Gasteiger partial charge >= 0.3 is 0 Å². The Labute approximate surface area is 169 Å². The Bertz CT molecular complexity index is 964. The highest BCUT2D eigenvalue weighted by molar-refractivity contribution is 6.31. The SMILES string of the molecule is Clc1ccc2c(c1)N(c1ccccc1)CCc1nnc(CN3CCNCC3)n1-2. The van der Waals surface area contributed by atoms with E-state index in [9.17, 15) is 0 Å². The third kappa shape index (κ3) is 3.28. The average Bonchev–Trinajstić information content (AvgIpc) is 3.04. The minimum atomic E-state index is 0.736. The predicted octanol–water partition coefficient (Wildman–Crippen LogP) is 3.02. The quantitative estimate of drug-likeness (QED) is 0.740. The molecule has 2 aliphatic rings. The number of aromatic nitrogens is 3. The van der Waals surface area contributed by atoms with Crippen LogP contribution >= 0.6 is 11.6 Å². The third-order valence-corrected chi connectivity index (χ3v) is 5.70. The van der Waals surface area contributed by atoms with Gasteiger partial charge in [-0.1, -0.05) is 29.8 Å². The van der Waals surface area contributed by atoms with Crippen molar-refractivity contribution >= 4 is 23.0 Å². The van der Waals surface area contributed by atoms with Crippen molar-refractivity contribution in [3.63, 3.8) is 0 Å². The molecular formula is C21H23ClN6. The molecule has 0 bridgehead atoms. The van der Waals surface area contributed by atoms with Crippen molar-refractivity contribution in [1.29, 1.82) is 0 Å². The molecular weight excluding hydrogens is 372 g/mol. The van der Waals surface area contributed by atoms with Crippen LogP contribution in [0.3, 0.4) is 0 Å². The van der Waals surface area contributed by atoms with Gasteiger partial charge in [-0.3, -0.25) is 9.47 Å². The lowest BCUT2D eigenvalue weighted by Crippen LogP contribution is -2.43. The van der Waals surface area contributed by atoms with E-state index in [4.69, 9.17) is 11.6 Å². The van der Waals surface area contributed by atoms with Gasteiger partial charge in [-0.2, -0.15) is 0 Å². The smallest absolute Gasteiger partial charge is 0.151 e. The number of fused-ring (bicyclic) bond motifs is 3. The molecule has 1 fully saturated rings. The van der Waals surface area contributed by atoms with E-state index in [0.29, 0.717) is 0 Å². The van der Waals surface area contributed by atoms with E-state index >= 15 is 0 Å². The number of para-hydroxylation sites is 1. The number of rotatable bonds is 3. The zero-order chi connectivity index (χ0) is 18.9. The first-order chi connectivity index (χ1) is 13.8. The maximum atomic E-state index is 6.40. The first-order valence-corrected chi connectivity index (χ1v) is 10.2. The van der Waals surface area contributed by atoms with E-state index in [1.54, 1.807) is 0 Å². The topological polar surface area (TPSA) is 49.2 Å². The minimum absolute atomic E-state index is 0.736. The van der Waals surface area contributed by atoms with Crippen molar-refractivity contribution in [2.45, 2.75) is 13.0 Å². The third-order valence-electron chi connectivity index (χ3n) is 5.47. The molecule has 0 atom stereocenters. The summed E-state index contributed by atoms with van der Waals surface area (Å²) < 4.78 is 2.23. The maximum absolute atomic E-state index is 6.40.